The number of benzene rings is 1. The molecule has 1 atom stereocenters. The van der Waals surface area contributed by atoms with Gasteiger partial charge in [-0.2, -0.15) is 0 Å². The SMILES string of the molecule is C#CCN(C)C1(O)CCc2ccccc21. The van der Waals surface area contributed by atoms with Gasteiger partial charge in [0.1, 0.15) is 5.72 Å². The van der Waals surface area contributed by atoms with Crippen molar-refractivity contribution >= 4 is 0 Å². The van der Waals surface area contributed by atoms with Crippen LogP contribution in [0.2, 0.25) is 0 Å². The molecule has 1 unspecified atom stereocenters. The first-order chi connectivity index (χ1) is 7.18. The largest absolute Gasteiger partial charge is 0.371 e. The quantitative estimate of drug-likeness (QED) is 0.576. The van der Waals surface area contributed by atoms with E-state index >= 15 is 0 Å². The average molecular weight is 201 g/mol. The van der Waals surface area contributed by atoms with Gasteiger partial charge in [-0.3, -0.25) is 4.90 Å². The molecule has 0 radical (unpaired) electrons. The van der Waals surface area contributed by atoms with E-state index in [1.54, 1.807) is 0 Å². The average Bonchev–Trinajstić information content (AvgIpc) is 2.59. The van der Waals surface area contributed by atoms with Gasteiger partial charge in [-0.25, -0.2) is 0 Å². The summed E-state index contributed by atoms with van der Waals surface area (Å²) >= 11 is 0. The Morgan fingerprint density at radius 1 is 1.53 bits per heavy atom. The Bertz CT molecular complexity index is 407. The van der Waals surface area contributed by atoms with E-state index in [1.165, 1.54) is 5.56 Å². The number of rotatable bonds is 2. The third-order valence-corrected chi connectivity index (χ3v) is 3.15. The molecule has 2 heteroatoms. The van der Waals surface area contributed by atoms with Crippen LogP contribution in [0.4, 0.5) is 0 Å². The van der Waals surface area contributed by atoms with Gasteiger partial charge in [-0.1, -0.05) is 30.2 Å². The number of hydrogen-bond acceptors (Lipinski definition) is 2. The highest BCUT2D eigenvalue weighted by atomic mass is 16.3. The van der Waals surface area contributed by atoms with Crippen molar-refractivity contribution in [2.24, 2.45) is 0 Å². The molecule has 15 heavy (non-hydrogen) atoms. The normalized spacial score (nSPS) is 23.9. The third kappa shape index (κ3) is 1.54. The summed E-state index contributed by atoms with van der Waals surface area (Å²) in [6, 6.07) is 8.01. The number of aryl methyl sites for hydroxylation is 1. The summed E-state index contributed by atoms with van der Waals surface area (Å²) in [7, 11) is 1.86. The minimum Gasteiger partial charge on any atom is -0.371 e. The van der Waals surface area contributed by atoms with Crippen molar-refractivity contribution in [1.29, 1.82) is 0 Å². The standard InChI is InChI=1S/C13H15NO/c1-3-10-14(2)13(15)9-8-11-6-4-5-7-12(11)13/h1,4-7,15H,8-10H2,2H3. The van der Waals surface area contributed by atoms with Gasteiger partial charge >= 0.3 is 0 Å². The first-order valence-electron chi connectivity index (χ1n) is 5.14. The van der Waals surface area contributed by atoms with E-state index in [4.69, 9.17) is 6.42 Å². The lowest BCUT2D eigenvalue weighted by Gasteiger charge is -2.33. The first-order valence-corrected chi connectivity index (χ1v) is 5.14. The van der Waals surface area contributed by atoms with Crippen molar-refractivity contribution in [3.8, 4) is 12.3 Å². The second-order valence-electron chi connectivity index (χ2n) is 4.03. The second kappa shape index (κ2) is 3.69. The van der Waals surface area contributed by atoms with Gasteiger partial charge < -0.3 is 5.11 Å². The molecule has 1 aromatic rings. The van der Waals surface area contributed by atoms with E-state index in [0.717, 1.165) is 18.4 Å². The van der Waals surface area contributed by atoms with Crippen molar-refractivity contribution in [1.82, 2.24) is 4.90 Å². The minimum absolute atomic E-state index is 0.463. The summed E-state index contributed by atoms with van der Waals surface area (Å²) in [5.41, 5.74) is 1.36. The van der Waals surface area contributed by atoms with E-state index < -0.39 is 5.72 Å². The lowest BCUT2D eigenvalue weighted by molar-refractivity contribution is -0.0941. The van der Waals surface area contributed by atoms with E-state index in [9.17, 15) is 5.11 Å². The number of terminal acetylenes is 1. The molecule has 0 fully saturated rings. The molecule has 1 aromatic carbocycles. The van der Waals surface area contributed by atoms with E-state index in [1.807, 2.05) is 30.1 Å². The van der Waals surface area contributed by atoms with Crippen molar-refractivity contribution in [2.75, 3.05) is 13.6 Å². The number of aliphatic hydroxyl groups is 1. The van der Waals surface area contributed by atoms with E-state index in [2.05, 4.69) is 12.0 Å². The Hall–Kier alpha value is -1.30. The summed E-state index contributed by atoms with van der Waals surface area (Å²) in [6.45, 7) is 0.463. The Morgan fingerprint density at radius 3 is 3.00 bits per heavy atom. The molecule has 0 amide bonds. The van der Waals surface area contributed by atoms with Crippen LogP contribution in [0, 0.1) is 12.3 Å². The summed E-state index contributed by atoms with van der Waals surface area (Å²) in [5.74, 6) is 2.57. The molecule has 78 valence electrons. The fraction of sp³-hybridized carbons (Fsp3) is 0.385. The Morgan fingerprint density at radius 2 is 2.27 bits per heavy atom. The summed E-state index contributed by atoms with van der Waals surface area (Å²) < 4.78 is 0. The van der Waals surface area contributed by atoms with Gasteiger partial charge in [-0.15, -0.1) is 6.42 Å². The predicted molar refractivity (Wildman–Crippen MR) is 60.1 cm³/mol. The molecule has 0 saturated heterocycles. The molecule has 0 aliphatic heterocycles. The molecule has 0 aromatic heterocycles. The van der Waals surface area contributed by atoms with Gasteiger partial charge in [0.25, 0.3) is 0 Å². The molecule has 2 rings (SSSR count). The van der Waals surface area contributed by atoms with Crippen LogP contribution in [0.3, 0.4) is 0 Å². The van der Waals surface area contributed by atoms with Crippen molar-refractivity contribution in [3.05, 3.63) is 35.4 Å². The molecule has 0 spiro atoms. The highest BCUT2D eigenvalue weighted by Gasteiger charge is 2.39. The first kappa shape index (κ1) is 10.2. The van der Waals surface area contributed by atoms with Crippen LogP contribution < -0.4 is 0 Å². The molecule has 2 nitrogen and oxygen atoms in total. The third-order valence-electron chi connectivity index (χ3n) is 3.15. The number of fused-ring (bicyclic) bond motifs is 1. The molecule has 1 N–H and O–H groups in total. The maximum atomic E-state index is 10.6. The maximum absolute atomic E-state index is 10.6. The molecular weight excluding hydrogens is 186 g/mol. The number of nitrogens with zero attached hydrogens (tertiary/aromatic N) is 1. The van der Waals surface area contributed by atoms with Crippen LogP contribution >= 0.6 is 0 Å². The van der Waals surface area contributed by atoms with Gasteiger partial charge in [0, 0.05) is 5.56 Å². The van der Waals surface area contributed by atoms with Crippen LogP contribution in [0.15, 0.2) is 24.3 Å². The van der Waals surface area contributed by atoms with E-state index in [-0.39, 0.29) is 0 Å². The zero-order valence-corrected chi connectivity index (χ0v) is 8.90. The van der Waals surface area contributed by atoms with Crippen LogP contribution in [0.1, 0.15) is 17.5 Å². The highest BCUT2D eigenvalue weighted by molar-refractivity contribution is 5.36. The van der Waals surface area contributed by atoms with Crippen LogP contribution in [-0.4, -0.2) is 23.6 Å². The van der Waals surface area contributed by atoms with Crippen LogP contribution in [0.5, 0.6) is 0 Å². The lowest BCUT2D eigenvalue weighted by Crippen LogP contribution is -2.42. The van der Waals surface area contributed by atoms with Gasteiger partial charge in [0.15, 0.2) is 0 Å². The van der Waals surface area contributed by atoms with Crippen LogP contribution in [-0.2, 0) is 12.1 Å². The monoisotopic (exact) mass is 201 g/mol. The zero-order chi connectivity index (χ0) is 10.9. The van der Waals surface area contributed by atoms with Crippen molar-refractivity contribution in [2.45, 2.75) is 18.6 Å². The van der Waals surface area contributed by atoms with Crippen molar-refractivity contribution in [3.63, 3.8) is 0 Å². The molecule has 1 aliphatic rings. The lowest BCUT2D eigenvalue weighted by atomic mass is 10.0. The van der Waals surface area contributed by atoms with Crippen molar-refractivity contribution < 1.29 is 5.11 Å². The summed E-state index contributed by atoms with van der Waals surface area (Å²) in [4.78, 5) is 1.83. The van der Waals surface area contributed by atoms with Crippen LogP contribution in [0.25, 0.3) is 0 Å². The van der Waals surface area contributed by atoms with E-state index in [0.29, 0.717) is 6.54 Å². The Kier molecular flexibility index (Phi) is 2.52. The Labute approximate surface area is 90.5 Å². The Balaban J connectivity index is 2.37. The van der Waals surface area contributed by atoms with Gasteiger partial charge in [0.05, 0.1) is 6.54 Å². The molecule has 1 aliphatic carbocycles. The maximum Gasteiger partial charge on any atom is 0.145 e. The molecule has 0 heterocycles. The molecule has 0 bridgehead atoms. The summed E-state index contributed by atoms with van der Waals surface area (Å²) in [6.07, 6.45) is 6.92. The second-order valence-corrected chi connectivity index (χ2v) is 4.03. The highest BCUT2D eigenvalue weighted by Crippen LogP contribution is 2.38. The molecule has 0 saturated carbocycles. The topological polar surface area (TPSA) is 23.5 Å². The number of hydrogen-bond donors (Lipinski definition) is 1. The summed E-state index contributed by atoms with van der Waals surface area (Å²) in [5, 5.41) is 10.6. The zero-order valence-electron chi connectivity index (χ0n) is 8.90. The minimum atomic E-state index is -0.872. The fourth-order valence-electron chi connectivity index (χ4n) is 2.24. The predicted octanol–water partition coefficient (Wildman–Crippen LogP) is 1.34. The fourth-order valence-corrected chi connectivity index (χ4v) is 2.24. The smallest absolute Gasteiger partial charge is 0.145 e. The van der Waals surface area contributed by atoms with Gasteiger partial charge in [-0.05, 0) is 25.5 Å². The van der Waals surface area contributed by atoms with Gasteiger partial charge in [0.2, 0.25) is 0 Å². The molecular formula is C13H15NO.